The van der Waals surface area contributed by atoms with E-state index in [9.17, 15) is 0 Å². The van der Waals surface area contributed by atoms with Gasteiger partial charge in [-0.2, -0.15) is 0 Å². The molecule has 0 aromatic carbocycles. The van der Waals surface area contributed by atoms with Gasteiger partial charge in [-0.25, -0.2) is 15.8 Å². The molecule has 0 radical (unpaired) electrons. The molecule has 2 rings (SSSR count). The number of nitrogens with one attached hydrogen (secondary N) is 2. The number of aromatic nitrogens is 2. The molecule has 6 heteroatoms. The zero-order valence-corrected chi connectivity index (χ0v) is 11.1. The van der Waals surface area contributed by atoms with Gasteiger partial charge in [-0.1, -0.05) is 13.3 Å². The van der Waals surface area contributed by atoms with Crippen molar-refractivity contribution in [3.8, 4) is 0 Å². The molecule has 0 bridgehead atoms. The minimum atomic E-state index is 0.464. The van der Waals surface area contributed by atoms with Crippen LogP contribution in [0.15, 0.2) is 6.33 Å². The first-order valence-corrected chi connectivity index (χ1v) is 6.50. The molecule has 1 saturated heterocycles. The molecule has 1 atom stereocenters. The topological polar surface area (TPSA) is 79.1 Å². The van der Waals surface area contributed by atoms with Gasteiger partial charge >= 0.3 is 0 Å². The number of hydrazine groups is 1. The second-order valence-corrected chi connectivity index (χ2v) is 4.84. The van der Waals surface area contributed by atoms with E-state index < -0.39 is 0 Å². The monoisotopic (exact) mass is 250 g/mol. The summed E-state index contributed by atoms with van der Waals surface area (Å²) in [6.45, 7) is 4.33. The smallest absolute Gasteiger partial charge is 0.148 e. The second-order valence-electron chi connectivity index (χ2n) is 4.84. The molecule has 1 aromatic heterocycles. The predicted molar refractivity (Wildman–Crippen MR) is 73.4 cm³/mol. The Morgan fingerprint density at radius 3 is 2.83 bits per heavy atom. The molecule has 1 aliphatic rings. The van der Waals surface area contributed by atoms with Gasteiger partial charge in [0, 0.05) is 18.2 Å². The van der Waals surface area contributed by atoms with Gasteiger partial charge in [-0.15, -0.1) is 0 Å². The van der Waals surface area contributed by atoms with Gasteiger partial charge in [0.15, 0.2) is 0 Å². The van der Waals surface area contributed by atoms with Gasteiger partial charge in [0.1, 0.15) is 18.0 Å². The molecule has 0 aliphatic carbocycles. The summed E-state index contributed by atoms with van der Waals surface area (Å²) in [6.07, 6.45) is 4.67. The minimum Gasteiger partial charge on any atom is -0.366 e. The van der Waals surface area contributed by atoms with E-state index in [1.807, 2.05) is 0 Å². The van der Waals surface area contributed by atoms with Crippen molar-refractivity contribution in [2.24, 2.45) is 5.84 Å². The van der Waals surface area contributed by atoms with Crippen LogP contribution in [0.5, 0.6) is 0 Å². The third kappa shape index (κ3) is 2.88. The van der Waals surface area contributed by atoms with Gasteiger partial charge < -0.3 is 15.6 Å². The number of rotatable bonds is 5. The van der Waals surface area contributed by atoms with Crippen molar-refractivity contribution in [2.75, 3.05) is 30.9 Å². The van der Waals surface area contributed by atoms with Crippen LogP contribution in [-0.2, 0) is 6.42 Å². The minimum absolute atomic E-state index is 0.464. The van der Waals surface area contributed by atoms with Crippen LogP contribution in [0.2, 0.25) is 0 Å². The largest absolute Gasteiger partial charge is 0.366 e. The van der Waals surface area contributed by atoms with Crippen molar-refractivity contribution in [1.29, 1.82) is 0 Å². The fraction of sp³-hybridized carbons (Fsp3) is 0.667. The number of hydrogen-bond acceptors (Lipinski definition) is 6. The second kappa shape index (κ2) is 5.97. The van der Waals surface area contributed by atoms with E-state index in [0.717, 1.165) is 49.6 Å². The first kappa shape index (κ1) is 13.0. The molecule has 0 amide bonds. The van der Waals surface area contributed by atoms with E-state index in [0.29, 0.717) is 6.04 Å². The fourth-order valence-corrected chi connectivity index (χ4v) is 2.39. The molecule has 6 nitrogen and oxygen atoms in total. The lowest BCUT2D eigenvalue weighted by atomic mass is 10.1. The van der Waals surface area contributed by atoms with Crippen molar-refractivity contribution in [1.82, 2.24) is 14.9 Å². The maximum atomic E-state index is 5.50. The Morgan fingerprint density at radius 2 is 2.22 bits per heavy atom. The molecule has 1 aromatic rings. The van der Waals surface area contributed by atoms with E-state index in [2.05, 4.69) is 39.6 Å². The highest BCUT2D eigenvalue weighted by molar-refractivity contribution is 5.57. The van der Waals surface area contributed by atoms with Gasteiger partial charge in [0.2, 0.25) is 0 Å². The highest BCUT2D eigenvalue weighted by Gasteiger charge is 2.21. The zero-order valence-electron chi connectivity index (χ0n) is 11.1. The number of nitrogens with two attached hydrogens (primary N) is 1. The van der Waals surface area contributed by atoms with Crippen molar-refractivity contribution in [2.45, 2.75) is 32.2 Å². The summed E-state index contributed by atoms with van der Waals surface area (Å²) in [5, 5.41) is 3.51. The average Bonchev–Trinajstić information content (AvgIpc) is 2.77. The molecule has 100 valence electrons. The zero-order chi connectivity index (χ0) is 13.0. The van der Waals surface area contributed by atoms with E-state index in [1.54, 1.807) is 6.33 Å². The van der Waals surface area contributed by atoms with Crippen LogP contribution in [0.4, 0.5) is 11.6 Å². The SMILES string of the molecule is CCCc1c(NN)ncnc1NC1CCN(C)C1. The number of hydrogen-bond donors (Lipinski definition) is 3. The average molecular weight is 250 g/mol. The maximum Gasteiger partial charge on any atom is 0.148 e. The molecule has 0 spiro atoms. The Kier molecular flexibility index (Phi) is 4.33. The molecule has 0 saturated carbocycles. The number of likely N-dealkylation sites (tertiary alicyclic amines) is 1. The van der Waals surface area contributed by atoms with E-state index in [4.69, 9.17) is 5.84 Å². The summed E-state index contributed by atoms with van der Waals surface area (Å²) in [6, 6.07) is 0.464. The number of anilines is 2. The Balaban J connectivity index is 2.15. The van der Waals surface area contributed by atoms with Crippen molar-refractivity contribution in [3.63, 3.8) is 0 Å². The van der Waals surface area contributed by atoms with E-state index >= 15 is 0 Å². The Hall–Kier alpha value is -1.40. The van der Waals surface area contributed by atoms with Crippen LogP contribution in [0.25, 0.3) is 0 Å². The Bertz CT molecular complexity index is 394. The predicted octanol–water partition coefficient (Wildman–Crippen LogP) is 0.831. The standard InChI is InChI=1S/C12H22N6/c1-3-4-10-11(14-8-15-12(10)17-13)16-9-5-6-18(2)7-9/h8-9H,3-7,13H2,1-2H3,(H2,14,15,16,17). The third-order valence-electron chi connectivity index (χ3n) is 3.31. The number of likely N-dealkylation sites (N-methyl/N-ethyl adjacent to an activating group) is 1. The van der Waals surface area contributed by atoms with Gasteiger partial charge in [-0.05, 0) is 26.4 Å². The molecule has 1 unspecified atom stereocenters. The molecule has 18 heavy (non-hydrogen) atoms. The normalized spacial score (nSPS) is 20.1. The van der Waals surface area contributed by atoms with Crippen LogP contribution in [0.1, 0.15) is 25.3 Å². The quantitative estimate of drug-likeness (QED) is 0.530. The lowest BCUT2D eigenvalue weighted by Crippen LogP contribution is -2.25. The lowest BCUT2D eigenvalue weighted by Gasteiger charge is -2.17. The van der Waals surface area contributed by atoms with Crippen LogP contribution in [-0.4, -0.2) is 41.0 Å². The van der Waals surface area contributed by atoms with Gasteiger partial charge in [0.05, 0.1) is 0 Å². The first-order valence-electron chi connectivity index (χ1n) is 6.50. The summed E-state index contributed by atoms with van der Waals surface area (Å²) >= 11 is 0. The first-order chi connectivity index (χ1) is 8.74. The van der Waals surface area contributed by atoms with Crippen molar-refractivity contribution < 1.29 is 0 Å². The van der Waals surface area contributed by atoms with Crippen LogP contribution in [0, 0.1) is 0 Å². The molecule has 2 heterocycles. The Labute approximate surface area is 108 Å². The summed E-state index contributed by atoms with van der Waals surface area (Å²) in [4.78, 5) is 10.8. The Morgan fingerprint density at radius 1 is 1.44 bits per heavy atom. The number of nitrogens with zero attached hydrogens (tertiary/aromatic N) is 3. The third-order valence-corrected chi connectivity index (χ3v) is 3.31. The summed E-state index contributed by atoms with van der Waals surface area (Å²) in [5.41, 5.74) is 3.73. The van der Waals surface area contributed by atoms with Crippen LogP contribution < -0.4 is 16.6 Å². The number of nitrogen functional groups attached to an aromatic ring is 1. The molecule has 1 fully saturated rings. The van der Waals surface area contributed by atoms with Crippen molar-refractivity contribution >= 4 is 11.6 Å². The highest BCUT2D eigenvalue weighted by atomic mass is 15.3. The maximum absolute atomic E-state index is 5.50. The molecular formula is C12H22N6. The van der Waals surface area contributed by atoms with Crippen molar-refractivity contribution in [3.05, 3.63) is 11.9 Å². The van der Waals surface area contributed by atoms with Gasteiger partial charge in [0.25, 0.3) is 0 Å². The molecule has 1 aliphatic heterocycles. The van der Waals surface area contributed by atoms with E-state index in [1.165, 1.54) is 0 Å². The van der Waals surface area contributed by atoms with E-state index in [-0.39, 0.29) is 0 Å². The van der Waals surface area contributed by atoms with Gasteiger partial charge in [-0.3, -0.25) is 0 Å². The highest BCUT2D eigenvalue weighted by Crippen LogP contribution is 2.23. The van der Waals surface area contributed by atoms with Crippen LogP contribution in [0.3, 0.4) is 0 Å². The summed E-state index contributed by atoms with van der Waals surface area (Å²) in [5.74, 6) is 7.14. The molecule has 4 N–H and O–H groups in total. The molecular weight excluding hydrogens is 228 g/mol. The lowest BCUT2D eigenvalue weighted by molar-refractivity contribution is 0.414. The van der Waals surface area contributed by atoms with Crippen LogP contribution >= 0.6 is 0 Å². The fourth-order valence-electron chi connectivity index (χ4n) is 2.39. The summed E-state index contributed by atoms with van der Waals surface area (Å²) < 4.78 is 0. The summed E-state index contributed by atoms with van der Waals surface area (Å²) in [7, 11) is 2.14.